The molecule has 0 unspecified atom stereocenters. The number of imidazole rings is 2. The molecular formula is C64H69Cl5N8O2. The second-order valence-electron chi connectivity index (χ2n) is 19.6. The van der Waals surface area contributed by atoms with E-state index < -0.39 is 0 Å². The van der Waals surface area contributed by atoms with E-state index in [2.05, 4.69) is 154 Å². The van der Waals surface area contributed by atoms with Gasteiger partial charge in [0, 0.05) is 41.8 Å². The number of rotatable bonds is 26. The Morgan fingerprint density at radius 2 is 0.861 bits per heavy atom. The van der Waals surface area contributed by atoms with Crippen molar-refractivity contribution in [3.8, 4) is 44.9 Å². The summed E-state index contributed by atoms with van der Waals surface area (Å²) in [5.74, 6) is 1.17. The standard InChI is InChI=1S/C64H69Cl5N8O2/c1-5-72(6-2)30-16-32-74-57-43-53(54(67)44-60(57)75(63(74)70)34-18-36-78-61-28-26-48(65)39-55(61)68)47-24-15-25-50(38-47)71-64-76(33-17-31-73(7-3)8-4)58-41-51(45-20-11-9-12-21-45)52(46-22-13-10-14-23-46)42-59(58)77(64)35-19-37-79-62-29-27-49(66)40-56(62)69/h9-15,20-29,38-44,70H,5-8,16-19,30-37H2,1-4H3. The van der Waals surface area contributed by atoms with Crippen LogP contribution in [-0.4, -0.2) is 80.6 Å². The van der Waals surface area contributed by atoms with Crippen molar-refractivity contribution in [2.45, 2.75) is 79.6 Å². The molecular weight excluding hydrogens is 1090 g/mol. The predicted molar refractivity (Wildman–Crippen MR) is 330 cm³/mol. The maximum atomic E-state index is 9.59. The molecule has 0 saturated carbocycles. The summed E-state index contributed by atoms with van der Waals surface area (Å²) in [6.07, 6.45) is 3.15. The van der Waals surface area contributed by atoms with Crippen molar-refractivity contribution in [3.05, 3.63) is 182 Å². The lowest BCUT2D eigenvalue weighted by Crippen LogP contribution is -2.29. The Kier molecular flexibility index (Phi) is 20.1. The molecule has 0 saturated heterocycles. The SMILES string of the molecule is CCN(CC)CCCn1c(=N)n(CCCOc2ccc(Cl)cc2Cl)c2cc(Cl)c(-c3cccc(N=c4n(CCCOc5ccc(Cl)cc5Cl)c5cc(-c6ccccc6)c(-c6ccccc6)cc5n4CCCN(CC)CC)c3)cc21. The fourth-order valence-electron chi connectivity index (χ4n) is 10.5. The Morgan fingerprint density at radius 3 is 1.35 bits per heavy atom. The molecule has 2 aromatic heterocycles. The summed E-state index contributed by atoms with van der Waals surface area (Å²) in [6, 6.07) is 49.1. The number of nitrogens with zero attached hydrogens (tertiary/aromatic N) is 7. The second kappa shape index (κ2) is 27.5. The van der Waals surface area contributed by atoms with Gasteiger partial charge in [-0.3, -0.25) is 5.41 Å². The lowest BCUT2D eigenvalue weighted by molar-refractivity contribution is 0.291. The third kappa shape index (κ3) is 13.8. The van der Waals surface area contributed by atoms with Crippen LogP contribution in [0.1, 0.15) is 53.4 Å². The number of aromatic nitrogens is 4. The highest BCUT2D eigenvalue weighted by Gasteiger charge is 2.20. The van der Waals surface area contributed by atoms with Gasteiger partial charge in [0.25, 0.3) is 0 Å². The maximum Gasteiger partial charge on any atom is 0.211 e. The van der Waals surface area contributed by atoms with E-state index in [-0.39, 0.29) is 0 Å². The summed E-state index contributed by atoms with van der Waals surface area (Å²) in [7, 11) is 0. The lowest BCUT2D eigenvalue weighted by atomic mass is 9.94. The Balaban J connectivity index is 1.16. The first-order valence-electron chi connectivity index (χ1n) is 27.6. The maximum absolute atomic E-state index is 9.59. The Morgan fingerprint density at radius 1 is 0.430 bits per heavy atom. The molecule has 79 heavy (non-hydrogen) atoms. The number of hydrogen-bond donors (Lipinski definition) is 1. The molecule has 2 heterocycles. The van der Waals surface area contributed by atoms with E-state index in [4.69, 9.17) is 72.5 Å². The minimum absolute atomic E-state index is 0.411. The quantitative estimate of drug-likeness (QED) is 0.0548. The minimum Gasteiger partial charge on any atom is -0.492 e. The molecule has 0 bridgehead atoms. The van der Waals surface area contributed by atoms with Gasteiger partial charge in [-0.25, -0.2) is 4.99 Å². The van der Waals surface area contributed by atoms with E-state index in [1.54, 1.807) is 30.3 Å². The molecule has 9 aromatic rings. The molecule has 0 amide bonds. The molecule has 0 fully saturated rings. The van der Waals surface area contributed by atoms with Gasteiger partial charge < -0.3 is 37.5 Å². The summed E-state index contributed by atoms with van der Waals surface area (Å²) < 4.78 is 21.3. The van der Waals surface area contributed by atoms with Gasteiger partial charge in [0.1, 0.15) is 11.5 Å². The summed E-state index contributed by atoms with van der Waals surface area (Å²) in [6.45, 7) is 18.1. The van der Waals surface area contributed by atoms with Gasteiger partial charge in [0.15, 0.2) is 0 Å². The van der Waals surface area contributed by atoms with E-state index in [9.17, 15) is 5.41 Å². The molecule has 0 aliphatic heterocycles. The van der Waals surface area contributed by atoms with E-state index in [0.717, 1.165) is 125 Å². The van der Waals surface area contributed by atoms with Crippen molar-refractivity contribution in [2.24, 2.45) is 4.99 Å². The zero-order valence-corrected chi connectivity index (χ0v) is 49.3. The highest BCUT2D eigenvalue weighted by atomic mass is 35.5. The van der Waals surface area contributed by atoms with Gasteiger partial charge in [0.2, 0.25) is 11.2 Å². The van der Waals surface area contributed by atoms with Crippen LogP contribution in [-0.2, 0) is 26.2 Å². The summed E-state index contributed by atoms with van der Waals surface area (Å²) in [5, 5.41) is 12.2. The van der Waals surface area contributed by atoms with Crippen LogP contribution in [0, 0.1) is 5.41 Å². The smallest absolute Gasteiger partial charge is 0.211 e. The van der Waals surface area contributed by atoms with Gasteiger partial charge in [-0.15, -0.1) is 0 Å². The average Bonchev–Trinajstić information content (AvgIpc) is 4.15. The normalized spacial score (nSPS) is 12.0. The number of fused-ring (bicyclic) bond motifs is 2. The highest BCUT2D eigenvalue weighted by molar-refractivity contribution is 6.36. The molecule has 7 aromatic carbocycles. The van der Waals surface area contributed by atoms with Crippen LogP contribution in [0.3, 0.4) is 0 Å². The topological polar surface area (TPSA) is 80.9 Å². The molecule has 9 rings (SSSR count). The van der Waals surface area contributed by atoms with Crippen molar-refractivity contribution < 1.29 is 9.47 Å². The van der Waals surface area contributed by atoms with E-state index in [0.29, 0.717) is 87.9 Å². The summed E-state index contributed by atoms with van der Waals surface area (Å²) in [5.41, 5.74) is 12.4. The molecule has 10 nitrogen and oxygen atoms in total. The van der Waals surface area contributed by atoms with Crippen LogP contribution >= 0.6 is 58.0 Å². The van der Waals surface area contributed by atoms with Gasteiger partial charge in [-0.2, -0.15) is 0 Å². The van der Waals surface area contributed by atoms with Crippen molar-refractivity contribution in [3.63, 3.8) is 0 Å². The van der Waals surface area contributed by atoms with Gasteiger partial charge in [0.05, 0.1) is 56.0 Å². The number of benzene rings is 7. The largest absolute Gasteiger partial charge is 0.492 e. The Hall–Kier alpha value is -5.95. The van der Waals surface area contributed by atoms with Gasteiger partial charge in [-0.05, 0) is 166 Å². The molecule has 0 atom stereocenters. The monoisotopic (exact) mass is 1160 g/mol. The van der Waals surface area contributed by atoms with E-state index in [1.165, 1.54) is 0 Å². The fraction of sp³-hybridized carbons (Fsp3) is 0.312. The molecule has 0 radical (unpaired) electrons. The number of halogens is 5. The molecule has 1 N–H and O–H groups in total. The van der Waals surface area contributed by atoms with Crippen LogP contribution in [0.25, 0.3) is 55.4 Å². The van der Waals surface area contributed by atoms with Crippen molar-refractivity contribution in [1.82, 2.24) is 28.1 Å². The van der Waals surface area contributed by atoms with Crippen LogP contribution in [0.15, 0.2) is 151 Å². The van der Waals surface area contributed by atoms with Crippen molar-refractivity contribution >= 4 is 85.8 Å². The van der Waals surface area contributed by atoms with E-state index >= 15 is 0 Å². The number of hydrogen-bond acceptors (Lipinski definition) is 6. The van der Waals surface area contributed by atoms with Crippen LogP contribution < -0.4 is 20.7 Å². The minimum atomic E-state index is 0.411. The molecule has 0 spiro atoms. The van der Waals surface area contributed by atoms with Crippen LogP contribution in [0.4, 0.5) is 5.69 Å². The average molecular weight is 1160 g/mol. The van der Waals surface area contributed by atoms with Gasteiger partial charge in [-0.1, -0.05) is 158 Å². The number of aryl methyl sites for hydroxylation is 4. The zero-order valence-electron chi connectivity index (χ0n) is 45.5. The zero-order chi connectivity index (χ0) is 55.4. The third-order valence-corrected chi connectivity index (χ3v) is 16.1. The van der Waals surface area contributed by atoms with Crippen LogP contribution in [0.5, 0.6) is 11.5 Å². The first-order valence-corrected chi connectivity index (χ1v) is 29.5. The third-order valence-electron chi connectivity index (χ3n) is 14.7. The van der Waals surface area contributed by atoms with Crippen molar-refractivity contribution in [2.75, 3.05) is 52.5 Å². The molecule has 15 heteroatoms. The van der Waals surface area contributed by atoms with Gasteiger partial charge >= 0.3 is 0 Å². The molecule has 0 aliphatic rings. The Labute approximate surface area is 489 Å². The second-order valence-corrected chi connectivity index (χ2v) is 21.7. The highest BCUT2D eigenvalue weighted by Crippen LogP contribution is 2.38. The number of nitrogens with one attached hydrogen (secondary N) is 1. The molecule has 0 aliphatic carbocycles. The predicted octanol–water partition coefficient (Wildman–Crippen LogP) is 16.6. The first kappa shape index (κ1) is 57.7. The van der Waals surface area contributed by atoms with E-state index in [1.807, 2.05) is 16.7 Å². The Bertz CT molecular complexity index is 3640. The number of ether oxygens (including phenoxy) is 2. The summed E-state index contributed by atoms with van der Waals surface area (Å²) >= 11 is 32.8. The van der Waals surface area contributed by atoms with Crippen LogP contribution in [0.2, 0.25) is 25.1 Å². The first-order chi connectivity index (χ1) is 38.5. The van der Waals surface area contributed by atoms with Crippen molar-refractivity contribution in [1.29, 1.82) is 5.41 Å². The fourth-order valence-corrected chi connectivity index (χ4v) is 11.7. The summed E-state index contributed by atoms with van der Waals surface area (Å²) in [4.78, 5) is 10.6. The lowest BCUT2D eigenvalue weighted by Gasteiger charge is -2.18. The molecule has 412 valence electrons.